The highest BCUT2D eigenvalue weighted by Gasteiger charge is 2.31. The third-order valence-corrected chi connectivity index (χ3v) is 9.21. The second kappa shape index (κ2) is 10.9. The number of benzene rings is 2. The Morgan fingerprint density at radius 2 is 1.88 bits per heavy atom. The molecule has 1 saturated heterocycles. The van der Waals surface area contributed by atoms with Crippen molar-refractivity contribution in [3.8, 4) is 0 Å². The van der Waals surface area contributed by atoms with E-state index in [9.17, 15) is 4.39 Å². The van der Waals surface area contributed by atoms with Crippen molar-refractivity contribution in [2.24, 2.45) is 0 Å². The van der Waals surface area contributed by atoms with Crippen molar-refractivity contribution >= 4 is 28.6 Å². The lowest BCUT2D eigenvalue weighted by molar-refractivity contribution is 0.100. The quantitative estimate of drug-likeness (QED) is 0.328. The summed E-state index contributed by atoms with van der Waals surface area (Å²) < 4.78 is 14.3. The molecule has 0 bridgehead atoms. The van der Waals surface area contributed by atoms with E-state index in [1.807, 2.05) is 13.2 Å². The molecule has 3 aromatic rings. The molecule has 0 unspecified atom stereocenters. The van der Waals surface area contributed by atoms with Gasteiger partial charge >= 0.3 is 0 Å². The third kappa shape index (κ3) is 5.32. The van der Waals surface area contributed by atoms with E-state index in [0.29, 0.717) is 25.9 Å². The Kier molecular flexibility index (Phi) is 7.27. The fraction of sp³-hybridized carbons (Fsp3) is 0.400. The molecule has 0 radical (unpaired) electrons. The molecular formula is C35H42FN5. The molecular weight excluding hydrogens is 509 g/mol. The second-order valence-electron chi connectivity index (χ2n) is 12.0. The summed E-state index contributed by atoms with van der Waals surface area (Å²) in [5, 5.41) is 3.38. The molecule has 4 heterocycles. The zero-order chi connectivity index (χ0) is 28.7. The predicted octanol–water partition coefficient (Wildman–Crippen LogP) is 7.55. The first-order chi connectivity index (χ1) is 19.8. The van der Waals surface area contributed by atoms with Gasteiger partial charge in [-0.25, -0.2) is 9.37 Å². The molecule has 1 aromatic heterocycles. The van der Waals surface area contributed by atoms with Crippen LogP contribution in [-0.4, -0.2) is 47.1 Å². The highest BCUT2D eigenvalue weighted by atomic mass is 19.1. The monoisotopic (exact) mass is 551 g/mol. The van der Waals surface area contributed by atoms with Gasteiger partial charge in [-0.05, 0) is 85.5 Å². The maximum Gasteiger partial charge on any atom is 0.136 e. The van der Waals surface area contributed by atoms with Gasteiger partial charge in [0.25, 0.3) is 0 Å². The Morgan fingerprint density at radius 3 is 2.63 bits per heavy atom. The number of halogens is 1. The molecule has 0 amide bonds. The molecule has 3 aliphatic heterocycles. The predicted molar refractivity (Wildman–Crippen MR) is 169 cm³/mol. The number of nitrogens with zero attached hydrogens (tertiary/aromatic N) is 4. The summed E-state index contributed by atoms with van der Waals surface area (Å²) in [7, 11) is 2.00. The summed E-state index contributed by atoms with van der Waals surface area (Å²) in [5.74, 6) is 1.03. The number of pyridine rings is 1. The number of alkyl halides is 1. The lowest BCUT2D eigenvalue weighted by atomic mass is 9.94. The van der Waals surface area contributed by atoms with Crippen LogP contribution in [0.2, 0.25) is 0 Å². The van der Waals surface area contributed by atoms with Crippen molar-refractivity contribution in [1.29, 1.82) is 0 Å². The van der Waals surface area contributed by atoms with Crippen LogP contribution in [0.5, 0.6) is 0 Å². The Morgan fingerprint density at radius 1 is 1.07 bits per heavy atom. The average molecular weight is 552 g/mol. The lowest BCUT2D eigenvalue weighted by Crippen LogP contribution is -2.38. The summed E-state index contributed by atoms with van der Waals surface area (Å²) in [6, 6.07) is 15.8. The zero-order valence-electron chi connectivity index (χ0n) is 24.8. The van der Waals surface area contributed by atoms with Gasteiger partial charge in [0.15, 0.2) is 0 Å². The van der Waals surface area contributed by atoms with Crippen molar-refractivity contribution < 1.29 is 4.39 Å². The molecule has 0 atom stereocenters. The van der Waals surface area contributed by atoms with Crippen molar-refractivity contribution in [1.82, 2.24) is 14.8 Å². The minimum Gasteiger partial charge on any atom is -0.388 e. The minimum absolute atomic E-state index is 0.544. The maximum absolute atomic E-state index is 14.3. The van der Waals surface area contributed by atoms with Crippen molar-refractivity contribution in [3.05, 3.63) is 95.2 Å². The molecule has 6 heteroatoms. The molecule has 1 fully saturated rings. The van der Waals surface area contributed by atoms with E-state index in [-0.39, 0.29) is 0 Å². The molecule has 1 N–H and O–H groups in total. The average Bonchev–Trinajstić information content (AvgIpc) is 3.30. The fourth-order valence-electron chi connectivity index (χ4n) is 6.50. The molecule has 5 nitrogen and oxygen atoms in total. The molecule has 0 saturated carbocycles. The van der Waals surface area contributed by atoms with Crippen molar-refractivity contribution in [2.75, 3.05) is 36.9 Å². The van der Waals surface area contributed by atoms with E-state index < -0.39 is 5.67 Å². The fourth-order valence-corrected chi connectivity index (χ4v) is 6.50. The van der Waals surface area contributed by atoms with Crippen LogP contribution in [0.3, 0.4) is 0 Å². The smallest absolute Gasteiger partial charge is 0.136 e. The van der Waals surface area contributed by atoms with Crippen LogP contribution < -0.4 is 10.2 Å². The van der Waals surface area contributed by atoms with E-state index in [4.69, 9.17) is 4.98 Å². The van der Waals surface area contributed by atoms with Crippen LogP contribution in [-0.2, 0) is 25.9 Å². The summed E-state index contributed by atoms with van der Waals surface area (Å²) in [4.78, 5) is 11.9. The Labute approximate surface area is 244 Å². The Hall–Kier alpha value is -3.80. The zero-order valence-corrected chi connectivity index (χ0v) is 24.8. The molecule has 41 heavy (non-hydrogen) atoms. The number of anilines is 3. The van der Waals surface area contributed by atoms with Gasteiger partial charge in [-0.1, -0.05) is 38.3 Å². The van der Waals surface area contributed by atoms with Crippen molar-refractivity contribution in [2.45, 2.75) is 64.7 Å². The van der Waals surface area contributed by atoms with Gasteiger partial charge in [-0.2, -0.15) is 0 Å². The van der Waals surface area contributed by atoms with Gasteiger partial charge in [0.1, 0.15) is 11.5 Å². The number of nitrogens with one attached hydrogen (secondary N) is 1. The SMILES string of the molecule is C=C(c1cnc2c(c1)CCCN2c1ccc2c(c1)CN(Cc1ccc(CC)cc1NC)C2=C)N1CCC(C)(F)CC1. The van der Waals surface area contributed by atoms with E-state index >= 15 is 0 Å². The van der Waals surface area contributed by atoms with Gasteiger partial charge in [0, 0.05) is 79.9 Å². The van der Waals surface area contributed by atoms with Crippen LogP contribution in [0.4, 0.5) is 21.6 Å². The number of piperidine rings is 1. The number of aromatic nitrogens is 1. The van der Waals surface area contributed by atoms with Crippen LogP contribution in [0, 0.1) is 0 Å². The molecule has 0 spiro atoms. The van der Waals surface area contributed by atoms with Crippen molar-refractivity contribution in [3.63, 3.8) is 0 Å². The number of hydrogen-bond acceptors (Lipinski definition) is 5. The number of aryl methyl sites for hydroxylation is 2. The summed E-state index contributed by atoms with van der Waals surface area (Å²) in [6.45, 7) is 16.7. The van der Waals surface area contributed by atoms with E-state index in [2.05, 4.69) is 82.6 Å². The topological polar surface area (TPSA) is 34.6 Å². The Balaban J connectivity index is 1.20. The molecule has 214 valence electrons. The highest BCUT2D eigenvalue weighted by Crippen LogP contribution is 2.39. The Bertz CT molecular complexity index is 1480. The lowest BCUT2D eigenvalue weighted by Gasteiger charge is -2.37. The van der Waals surface area contributed by atoms with Gasteiger partial charge in [-0.3, -0.25) is 0 Å². The summed E-state index contributed by atoms with van der Waals surface area (Å²) in [5.41, 5.74) is 10.8. The standard InChI is InChI=1S/C35H42FN5/c1-6-26-9-10-28(33(18-26)37-5)22-40-23-30-20-31(11-12-32(30)25(40)3)41-15-7-8-27-19-29(21-38-34(27)41)24(2)39-16-13-35(4,36)14-17-39/h9-12,18-21,37H,2-3,6-8,13-17,22-23H2,1,4-5H3. The summed E-state index contributed by atoms with van der Waals surface area (Å²) in [6.07, 6.45) is 6.14. The van der Waals surface area contributed by atoms with Crippen LogP contribution >= 0.6 is 0 Å². The first kappa shape index (κ1) is 27.4. The third-order valence-electron chi connectivity index (χ3n) is 9.21. The number of likely N-dealkylation sites (tertiary alicyclic amines) is 1. The normalized spacial score (nSPS) is 17.9. The minimum atomic E-state index is -1.07. The first-order valence-corrected chi connectivity index (χ1v) is 15.0. The maximum atomic E-state index is 14.3. The molecule has 3 aliphatic rings. The number of fused-ring (bicyclic) bond motifs is 2. The van der Waals surface area contributed by atoms with Gasteiger partial charge < -0.3 is 20.0 Å². The highest BCUT2D eigenvalue weighted by molar-refractivity contribution is 5.75. The number of rotatable bonds is 7. The van der Waals surface area contributed by atoms with E-state index in [1.54, 1.807) is 6.92 Å². The molecule has 0 aliphatic carbocycles. The van der Waals surface area contributed by atoms with E-state index in [0.717, 1.165) is 61.7 Å². The first-order valence-electron chi connectivity index (χ1n) is 15.0. The molecule has 6 rings (SSSR count). The van der Waals surface area contributed by atoms with Gasteiger partial charge in [0.2, 0.25) is 0 Å². The molecule has 2 aromatic carbocycles. The second-order valence-corrected chi connectivity index (χ2v) is 12.0. The summed E-state index contributed by atoms with van der Waals surface area (Å²) >= 11 is 0. The van der Waals surface area contributed by atoms with Crippen LogP contribution in [0.1, 0.15) is 66.5 Å². The van der Waals surface area contributed by atoms with E-state index in [1.165, 1.54) is 39.2 Å². The van der Waals surface area contributed by atoms with Gasteiger partial charge in [0.05, 0.1) is 0 Å². The van der Waals surface area contributed by atoms with Gasteiger partial charge in [-0.15, -0.1) is 0 Å². The largest absolute Gasteiger partial charge is 0.388 e. The van der Waals surface area contributed by atoms with Crippen LogP contribution in [0.25, 0.3) is 11.4 Å². The number of hydrogen-bond donors (Lipinski definition) is 1. The van der Waals surface area contributed by atoms with Crippen LogP contribution in [0.15, 0.2) is 61.8 Å².